The second-order valence-corrected chi connectivity index (χ2v) is 9.36. The van der Waals surface area contributed by atoms with Crippen molar-refractivity contribution in [3.8, 4) is 11.1 Å². The summed E-state index contributed by atoms with van der Waals surface area (Å²) >= 11 is 1.58. The average molecular weight is 458 g/mol. The van der Waals surface area contributed by atoms with E-state index < -0.39 is 18.0 Å². The highest BCUT2D eigenvalue weighted by Gasteiger charge is 2.29. The number of carboxylic acids is 1. The van der Waals surface area contributed by atoms with Crippen LogP contribution in [0.3, 0.4) is 0 Å². The molecule has 166 valence electrons. The monoisotopic (exact) mass is 457 g/mol. The number of amides is 1. The van der Waals surface area contributed by atoms with Gasteiger partial charge in [-0.3, -0.25) is 4.79 Å². The first-order chi connectivity index (χ1) is 16.1. The Hall–Kier alpha value is -3.64. The third-order valence-corrected chi connectivity index (χ3v) is 7.25. The van der Waals surface area contributed by atoms with Crippen LogP contribution in [0.4, 0.5) is 4.79 Å². The summed E-state index contributed by atoms with van der Waals surface area (Å²) < 4.78 is 6.65. The fourth-order valence-electron chi connectivity index (χ4n) is 4.48. The molecule has 6 heteroatoms. The van der Waals surface area contributed by atoms with E-state index in [9.17, 15) is 14.7 Å². The predicted molar refractivity (Wildman–Crippen MR) is 130 cm³/mol. The fraction of sp³-hybridized carbons (Fsp3) is 0.185. The number of aliphatic carboxylic acids is 1. The molecule has 33 heavy (non-hydrogen) atoms. The van der Waals surface area contributed by atoms with E-state index in [-0.39, 0.29) is 19.1 Å². The van der Waals surface area contributed by atoms with Crippen LogP contribution in [0.5, 0.6) is 0 Å². The lowest BCUT2D eigenvalue weighted by molar-refractivity contribution is -0.141. The van der Waals surface area contributed by atoms with Crippen molar-refractivity contribution in [2.45, 2.75) is 12.3 Å². The van der Waals surface area contributed by atoms with Crippen molar-refractivity contribution in [2.24, 2.45) is 5.92 Å². The Bertz CT molecular complexity index is 1250. The first-order valence-corrected chi connectivity index (χ1v) is 11.7. The minimum Gasteiger partial charge on any atom is -0.481 e. The van der Waals surface area contributed by atoms with Crippen LogP contribution in [0, 0.1) is 5.92 Å². The number of hydrogen-bond acceptors (Lipinski definition) is 4. The number of benzene rings is 3. The summed E-state index contributed by atoms with van der Waals surface area (Å²) in [5.74, 6) is -1.69. The number of carbonyl (C=O) groups is 2. The smallest absolute Gasteiger partial charge is 0.407 e. The van der Waals surface area contributed by atoms with Crippen molar-refractivity contribution in [1.82, 2.24) is 5.32 Å². The van der Waals surface area contributed by atoms with Crippen LogP contribution >= 0.6 is 11.3 Å². The molecule has 5 rings (SSSR count). The van der Waals surface area contributed by atoms with Crippen LogP contribution in [-0.4, -0.2) is 30.3 Å². The van der Waals surface area contributed by atoms with E-state index in [4.69, 9.17) is 4.74 Å². The molecule has 0 saturated heterocycles. The highest BCUT2D eigenvalue weighted by Crippen LogP contribution is 2.44. The lowest BCUT2D eigenvalue weighted by Crippen LogP contribution is -2.34. The van der Waals surface area contributed by atoms with E-state index in [0.717, 1.165) is 37.2 Å². The topological polar surface area (TPSA) is 75.6 Å². The molecule has 0 radical (unpaired) electrons. The number of fused-ring (bicyclic) bond motifs is 4. The van der Waals surface area contributed by atoms with Crippen LogP contribution in [0.15, 0.2) is 78.9 Å². The zero-order chi connectivity index (χ0) is 22.8. The van der Waals surface area contributed by atoms with Crippen LogP contribution in [-0.2, 0) is 16.0 Å². The molecule has 1 aromatic heterocycles. The maximum atomic E-state index is 12.4. The minimum atomic E-state index is -0.939. The molecule has 1 atom stereocenters. The molecular formula is C27H23NO4S. The molecule has 5 nitrogen and oxygen atoms in total. The maximum Gasteiger partial charge on any atom is 0.407 e. The lowest BCUT2D eigenvalue weighted by Gasteiger charge is -2.16. The molecule has 1 aliphatic carbocycles. The number of ether oxygens (including phenoxy) is 1. The maximum absolute atomic E-state index is 12.4. The van der Waals surface area contributed by atoms with Gasteiger partial charge in [0, 0.05) is 22.0 Å². The van der Waals surface area contributed by atoms with Crippen LogP contribution in [0.25, 0.3) is 21.2 Å². The number of alkyl carbamates (subject to hydrolysis) is 1. The quantitative estimate of drug-likeness (QED) is 0.374. The fourth-order valence-corrected chi connectivity index (χ4v) is 5.63. The van der Waals surface area contributed by atoms with Crippen molar-refractivity contribution in [3.05, 3.63) is 94.9 Å². The van der Waals surface area contributed by atoms with Crippen LogP contribution < -0.4 is 5.32 Å². The number of carboxylic acid groups (broad SMARTS) is 1. The van der Waals surface area contributed by atoms with Gasteiger partial charge in [-0.1, -0.05) is 66.7 Å². The van der Waals surface area contributed by atoms with Gasteiger partial charge in [0.05, 0.1) is 5.92 Å². The second-order valence-electron chi connectivity index (χ2n) is 8.20. The summed E-state index contributed by atoms with van der Waals surface area (Å²) in [5, 5.41) is 13.4. The molecule has 0 saturated carbocycles. The molecule has 1 aliphatic rings. The third-order valence-electron chi connectivity index (χ3n) is 6.11. The van der Waals surface area contributed by atoms with Gasteiger partial charge in [0.25, 0.3) is 0 Å². The molecular weight excluding hydrogens is 434 g/mol. The zero-order valence-corrected chi connectivity index (χ0v) is 18.7. The highest BCUT2D eigenvalue weighted by atomic mass is 32.1. The Morgan fingerprint density at radius 3 is 2.24 bits per heavy atom. The van der Waals surface area contributed by atoms with Crippen molar-refractivity contribution >= 4 is 33.5 Å². The molecule has 0 fully saturated rings. The summed E-state index contributed by atoms with van der Waals surface area (Å²) in [4.78, 5) is 25.2. The van der Waals surface area contributed by atoms with Crippen molar-refractivity contribution in [2.75, 3.05) is 13.2 Å². The summed E-state index contributed by atoms with van der Waals surface area (Å²) in [6, 6.07) is 26.3. The van der Waals surface area contributed by atoms with Crippen LogP contribution in [0.1, 0.15) is 21.9 Å². The van der Waals surface area contributed by atoms with Gasteiger partial charge in [-0.15, -0.1) is 11.3 Å². The summed E-state index contributed by atoms with van der Waals surface area (Å²) in [6.07, 6.45) is -0.238. The number of thiophene rings is 1. The molecule has 2 N–H and O–H groups in total. The molecule has 4 aromatic rings. The first kappa shape index (κ1) is 21.2. The van der Waals surface area contributed by atoms with E-state index in [1.807, 2.05) is 54.6 Å². The molecule has 0 spiro atoms. The number of rotatable bonds is 7. The summed E-state index contributed by atoms with van der Waals surface area (Å²) in [5.41, 5.74) is 4.60. The van der Waals surface area contributed by atoms with Crippen LogP contribution in [0.2, 0.25) is 0 Å². The zero-order valence-electron chi connectivity index (χ0n) is 17.9. The molecule has 1 unspecified atom stereocenters. The van der Waals surface area contributed by atoms with E-state index in [1.165, 1.54) is 0 Å². The normalized spacial score (nSPS) is 13.3. The van der Waals surface area contributed by atoms with Gasteiger partial charge in [-0.2, -0.15) is 0 Å². The van der Waals surface area contributed by atoms with E-state index >= 15 is 0 Å². The van der Waals surface area contributed by atoms with Gasteiger partial charge >= 0.3 is 12.1 Å². The predicted octanol–water partition coefficient (Wildman–Crippen LogP) is 5.68. The standard InChI is InChI=1S/C27H23NO4S/c29-26(30)18(14-19-13-17-7-1-6-12-25(17)33-19)15-28-27(31)32-16-24-22-10-4-2-8-20(22)21-9-3-5-11-23(21)24/h1-13,18,24H,14-16H2,(H,28,31)(H,29,30). The van der Waals surface area contributed by atoms with Crippen molar-refractivity contribution in [3.63, 3.8) is 0 Å². The Balaban J connectivity index is 1.20. The van der Waals surface area contributed by atoms with E-state index in [2.05, 4.69) is 29.6 Å². The van der Waals surface area contributed by atoms with E-state index in [1.54, 1.807) is 11.3 Å². The Kier molecular flexibility index (Phi) is 5.84. The van der Waals surface area contributed by atoms with Gasteiger partial charge in [-0.05, 0) is 46.2 Å². The highest BCUT2D eigenvalue weighted by molar-refractivity contribution is 7.19. The molecule has 3 aromatic carbocycles. The van der Waals surface area contributed by atoms with E-state index in [0.29, 0.717) is 6.42 Å². The Labute approximate surface area is 195 Å². The van der Waals surface area contributed by atoms with Crippen molar-refractivity contribution < 1.29 is 19.4 Å². The minimum absolute atomic E-state index is 0.0141. The molecule has 0 aliphatic heterocycles. The molecule has 0 bridgehead atoms. The summed E-state index contributed by atoms with van der Waals surface area (Å²) in [6.45, 7) is 0.216. The van der Waals surface area contributed by atoms with Gasteiger partial charge in [0.2, 0.25) is 0 Å². The van der Waals surface area contributed by atoms with Gasteiger partial charge in [0.1, 0.15) is 6.61 Å². The lowest BCUT2D eigenvalue weighted by atomic mass is 9.98. The molecule has 1 heterocycles. The summed E-state index contributed by atoms with van der Waals surface area (Å²) in [7, 11) is 0. The van der Waals surface area contributed by atoms with Crippen molar-refractivity contribution in [1.29, 1.82) is 0 Å². The number of nitrogens with one attached hydrogen (secondary N) is 1. The second kappa shape index (κ2) is 9.08. The first-order valence-electron chi connectivity index (χ1n) is 10.9. The SMILES string of the molecule is O=C(NCC(Cc1cc2ccccc2s1)C(=O)O)OCC1c2ccccc2-c2ccccc21. The average Bonchev–Trinajstić information content (AvgIpc) is 3.38. The van der Waals surface area contributed by atoms with Gasteiger partial charge < -0.3 is 15.2 Å². The third kappa shape index (κ3) is 4.34. The van der Waals surface area contributed by atoms with Gasteiger partial charge in [0.15, 0.2) is 0 Å². The molecule has 1 amide bonds. The number of hydrogen-bond donors (Lipinski definition) is 2. The largest absolute Gasteiger partial charge is 0.481 e. The van der Waals surface area contributed by atoms with Gasteiger partial charge in [-0.25, -0.2) is 4.79 Å². The Morgan fingerprint density at radius 2 is 1.58 bits per heavy atom. The Morgan fingerprint density at radius 1 is 0.939 bits per heavy atom. The number of carbonyl (C=O) groups excluding carboxylic acids is 1.